The van der Waals surface area contributed by atoms with Gasteiger partial charge in [-0.05, 0) is 85.4 Å². The lowest BCUT2D eigenvalue weighted by Gasteiger charge is -2.30. The summed E-state index contributed by atoms with van der Waals surface area (Å²) in [5, 5.41) is 0. The number of nitrogens with zero attached hydrogens (tertiary/aromatic N) is 3. The molecule has 0 amide bonds. The molecule has 198 valence electrons. The van der Waals surface area contributed by atoms with Gasteiger partial charge in [-0.25, -0.2) is 4.99 Å². The summed E-state index contributed by atoms with van der Waals surface area (Å²) in [6, 6.07) is 28.9. The van der Waals surface area contributed by atoms with Crippen LogP contribution in [0.2, 0.25) is 0 Å². The van der Waals surface area contributed by atoms with Crippen molar-refractivity contribution in [3.05, 3.63) is 144 Å². The number of ether oxygens (including phenoxy) is 1. The van der Waals surface area contributed by atoms with Crippen molar-refractivity contribution in [2.45, 2.75) is 32.7 Å². The van der Waals surface area contributed by atoms with Crippen molar-refractivity contribution in [1.82, 2.24) is 9.13 Å². The second kappa shape index (κ2) is 9.65. The van der Waals surface area contributed by atoms with Crippen molar-refractivity contribution < 1.29 is 4.74 Å². The third-order valence-electron chi connectivity index (χ3n) is 8.08. The lowest BCUT2D eigenvalue weighted by atomic mass is 9.83. The summed E-state index contributed by atoms with van der Waals surface area (Å²) in [7, 11) is 1.67. The van der Waals surface area contributed by atoms with E-state index in [-0.39, 0.29) is 11.6 Å². The van der Waals surface area contributed by atoms with Gasteiger partial charge in [0.15, 0.2) is 4.80 Å². The van der Waals surface area contributed by atoms with Gasteiger partial charge in [-0.3, -0.25) is 9.36 Å². The summed E-state index contributed by atoms with van der Waals surface area (Å²) in [5.74, 6) is 0.799. The zero-order valence-corrected chi connectivity index (χ0v) is 23.5. The number of methoxy groups -OCH3 is 1. The summed E-state index contributed by atoms with van der Waals surface area (Å²) in [5.41, 5.74) is 10.2. The van der Waals surface area contributed by atoms with Crippen LogP contribution < -0.4 is 19.6 Å². The van der Waals surface area contributed by atoms with E-state index in [9.17, 15) is 4.79 Å². The Morgan fingerprint density at radius 1 is 0.950 bits per heavy atom. The van der Waals surface area contributed by atoms with E-state index in [2.05, 4.69) is 73.0 Å². The predicted molar refractivity (Wildman–Crippen MR) is 161 cm³/mol. The molecule has 3 aromatic carbocycles. The number of benzene rings is 3. The van der Waals surface area contributed by atoms with E-state index in [1.165, 1.54) is 28.0 Å². The van der Waals surface area contributed by atoms with Gasteiger partial charge in [-0.2, -0.15) is 0 Å². The minimum Gasteiger partial charge on any atom is -0.497 e. The molecule has 1 aliphatic heterocycles. The smallest absolute Gasteiger partial charge is 0.271 e. The van der Waals surface area contributed by atoms with Crippen LogP contribution in [0.1, 0.15) is 46.1 Å². The third-order valence-corrected chi connectivity index (χ3v) is 9.06. The van der Waals surface area contributed by atoms with Crippen molar-refractivity contribution in [3.8, 4) is 11.4 Å². The molecule has 0 N–H and O–H groups in total. The first kappa shape index (κ1) is 24.6. The third kappa shape index (κ3) is 3.90. The molecule has 2 aliphatic rings. The second-order valence-corrected chi connectivity index (χ2v) is 11.4. The Bertz CT molecular complexity index is 1980. The van der Waals surface area contributed by atoms with Crippen LogP contribution in [0, 0.1) is 13.8 Å². The highest BCUT2D eigenvalue weighted by Crippen LogP contribution is 2.41. The van der Waals surface area contributed by atoms with Crippen LogP contribution in [0.15, 0.2) is 100 Å². The van der Waals surface area contributed by atoms with Crippen LogP contribution in [0.4, 0.5) is 0 Å². The number of aryl methyl sites for hydroxylation is 2. The quantitative estimate of drug-likeness (QED) is 0.291. The predicted octanol–water partition coefficient (Wildman–Crippen LogP) is 5.73. The molecule has 2 aromatic heterocycles. The average Bonchev–Trinajstić information content (AvgIpc) is 3.45. The molecular weight excluding hydrogens is 514 g/mol. The van der Waals surface area contributed by atoms with Gasteiger partial charge in [-0.1, -0.05) is 65.9 Å². The van der Waals surface area contributed by atoms with Crippen LogP contribution >= 0.6 is 11.3 Å². The molecule has 0 bridgehead atoms. The van der Waals surface area contributed by atoms with Crippen LogP contribution in [0.25, 0.3) is 17.5 Å². The highest BCUT2D eigenvalue weighted by molar-refractivity contribution is 7.07. The highest BCUT2D eigenvalue weighted by atomic mass is 32.1. The summed E-state index contributed by atoms with van der Waals surface area (Å²) in [6.45, 7) is 4.22. The van der Waals surface area contributed by atoms with Gasteiger partial charge in [0.25, 0.3) is 5.56 Å². The van der Waals surface area contributed by atoms with Crippen molar-refractivity contribution >= 4 is 23.1 Å². The number of allylic oxidation sites excluding steroid dienone is 1. The van der Waals surface area contributed by atoms with E-state index in [1.807, 2.05) is 41.0 Å². The molecule has 0 saturated heterocycles. The zero-order valence-electron chi connectivity index (χ0n) is 22.7. The Balaban J connectivity index is 1.44. The van der Waals surface area contributed by atoms with Crippen molar-refractivity contribution in [1.29, 1.82) is 0 Å². The van der Waals surface area contributed by atoms with Gasteiger partial charge >= 0.3 is 0 Å². The number of aromatic nitrogens is 2. The summed E-state index contributed by atoms with van der Waals surface area (Å²) < 4.78 is 10.3. The van der Waals surface area contributed by atoms with Crippen molar-refractivity contribution in [3.63, 3.8) is 0 Å². The monoisotopic (exact) mass is 543 g/mol. The summed E-state index contributed by atoms with van der Waals surface area (Å²) >= 11 is 1.47. The Morgan fingerprint density at radius 3 is 2.48 bits per heavy atom. The molecular formula is C34H29N3O2S. The number of thiazole rings is 1. The molecule has 3 heterocycles. The zero-order chi connectivity index (χ0) is 27.4. The van der Waals surface area contributed by atoms with Crippen LogP contribution in [-0.2, 0) is 6.42 Å². The largest absolute Gasteiger partial charge is 0.497 e. The number of para-hydroxylation sites is 1. The first-order valence-electron chi connectivity index (χ1n) is 13.5. The molecule has 40 heavy (non-hydrogen) atoms. The number of hydrogen-bond acceptors (Lipinski definition) is 4. The molecule has 0 fully saturated rings. The standard InChI is InChI=1S/C34H29N3O2S/c1-21-19-25(22(2)36(21)26-10-5-4-6-11-26)20-30-33(38)37-32(24-13-16-27(39-3)17-14-24)29-18-15-23-9-7-8-12-28(23)31(29)35-34(37)40-30/h4-14,16-17,19-20,32H,15,18H2,1-3H3/b30-20+/t32-/m1/s1. The minimum atomic E-state index is -0.204. The first-order valence-corrected chi connectivity index (χ1v) is 14.4. The molecule has 1 atom stereocenters. The van der Waals surface area contributed by atoms with Gasteiger partial charge in [0.2, 0.25) is 0 Å². The topological polar surface area (TPSA) is 48.5 Å². The fraction of sp³-hybridized carbons (Fsp3) is 0.176. The maximum absolute atomic E-state index is 14.1. The minimum absolute atomic E-state index is 0.000471. The summed E-state index contributed by atoms with van der Waals surface area (Å²) in [6.07, 6.45) is 3.84. The van der Waals surface area contributed by atoms with Crippen molar-refractivity contribution in [2.75, 3.05) is 7.11 Å². The first-order chi connectivity index (χ1) is 19.5. The van der Waals surface area contributed by atoms with Crippen LogP contribution in [-0.4, -0.2) is 16.2 Å². The van der Waals surface area contributed by atoms with Gasteiger partial charge in [-0.15, -0.1) is 0 Å². The lowest BCUT2D eigenvalue weighted by Crippen LogP contribution is -2.38. The number of rotatable bonds is 4. The van der Waals surface area contributed by atoms with Crippen molar-refractivity contribution in [2.24, 2.45) is 4.99 Å². The van der Waals surface area contributed by atoms with E-state index in [4.69, 9.17) is 9.73 Å². The fourth-order valence-corrected chi connectivity index (χ4v) is 7.15. The molecule has 1 aliphatic carbocycles. The van der Waals surface area contributed by atoms with Crippen LogP contribution in [0.3, 0.4) is 0 Å². The maximum Gasteiger partial charge on any atom is 0.271 e. The van der Waals surface area contributed by atoms with Gasteiger partial charge in [0, 0.05) is 22.6 Å². The second-order valence-electron chi connectivity index (χ2n) is 10.4. The Morgan fingerprint density at radius 2 is 1.70 bits per heavy atom. The molecule has 0 spiro atoms. The average molecular weight is 544 g/mol. The van der Waals surface area contributed by atoms with E-state index in [0.717, 1.165) is 57.3 Å². The molecule has 6 heteroatoms. The maximum atomic E-state index is 14.1. The highest BCUT2D eigenvalue weighted by Gasteiger charge is 2.32. The Kier molecular flexibility index (Phi) is 5.93. The molecule has 0 unspecified atom stereocenters. The van der Waals surface area contributed by atoms with Gasteiger partial charge in [0.1, 0.15) is 5.75 Å². The lowest BCUT2D eigenvalue weighted by molar-refractivity contribution is 0.414. The molecule has 5 nitrogen and oxygen atoms in total. The Labute approximate surface area is 236 Å². The molecule has 0 saturated carbocycles. The van der Waals surface area contributed by atoms with Gasteiger partial charge in [0.05, 0.1) is 23.4 Å². The van der Waals surface area contributed by atoms with E-state index < -0.39 is 0 Å². The summed E-state index contributed by atoms with van der Waals surface area (Å²) in [4.78, 5) is 20.0. The number of hydrogen-bond donors (Lipinski definition) is 0. The van der Waals surface area contributed by atoms with Crippen LogP contribution in [0.5, 0.6) is 5.75 Å². The molecule has 7 rings (SSSR count). The normalized spacial score (nSPS) is 16.3. The van der Waals surface area contributed by atoms with E-state index in [0.29, 0.717) is 4.53 Å². The van der Waals surface area contributed by atoms with Gasteiger partial charge < -0.3 is 9.30 Å². The molecule has 5 aromatic rings. The van der Waals surface area contributed by atoms with E-state index in [1.54, 1.807) is 7.11 Å². The molecule has 0 radical (unpaired) electrons. The SMILES string of the molecule is COc1ccc([C@@H]2C3=C(N=c4s/c(=C/c5cc(C)n(-c6ccccc6)c5C)c(=O)n42)c2ccccc2CC3)cc1. The Hall–Kier alpha value is -4.42. The number of fused-ring (bicyclic) bond motifs is 3. The fourth-order valence-electron chi connectivity index (χ4n) is 6.16. The van der Waals surface area contributed by atoms with E-state index >= 15 is 0 Å².